The molecule has 0 atom stereocenters. The van der Waals surface area contributed by atoms with E-state index in [2.05, 4.69) is 30.9 Å². The molecule has 0 aliphatic heterocycles. The molecule has 2 aromatic heterocycles. The summed E-state index contributed by atoms with van der Waals surface area (Å²) in [5.74, 6) is 1.94. The minimum atomic E-state index is 0.523. The molecule has 0 fully saturated rings. The average Bonchev–Trinajstić information content (AvgIpc) is 2.31. The molecule has 2 rings (SSSR count). The van der Waals surface area contributed by atoms with Gasteiger partial charge >= 0.3 is 0 Å². The number of ether oxygens (including phenoxy) is 1. The average molecular weight is 294 g/mol. The predicted octanol–water partition coefficient (Wildman–Crippen LogP) is 3.30. The lowest BCUT2D eigenvalue weighted by atomic mass is 10.4. The molecule has 0 saturated carbocycles. The first-order chi connectivity index (χ1) is 8.17. The fraction of sp³-hybridized carbons (Fsp3) is 0.250. The van der Waals surface area contributed by atoms with E-state index in [-0.39, 0.29) is 0 Å². The van der Waals surface area contributed by atoms with Crippen molar-refractivity contribution in [3.8, 4) is 11.6 Å². The van der Waals surface area contributed by atoms with E-state index in [9.17, 15) is 0 Å². The second kappa shape index (κ2) is 5.23. The van der Waals surface area contributed by atoms with E-state index >= 15 is 0 Å². The van der Waals surface area contributed by atoms with Crippen LogP contribution >= 0.6 is 15.9 Å². The molecule has 0 amide bonds. The van der Waals surface area contributed by atoms with Crippen LogP contribution in [0.4, 0.5) is 0 Å². The van der Waals surface area contributed by atoms with Gasteiger partial charge in [0.1, 0.15) is 16.2 Å². The van der Waals surface area contributed by atoms with E-state index in [0.717, 1.165) is 22.5 Å². The van der Waals surface area contributed by atoms with Gasteiger partial charge in [0.2, 0.25) is 5.88 Å². The molecule has 0 spiro atoms. The second-order valence-electron chi connectivity index (χ2n) is 3.54. The molecule has 5 heteroatoms. The van der Waals surface area contributed by atoms with Gasteiger partial charge in [0.25, 0.3) is 0 Å². The van der Waals surface area contributed by atoms with Gasteiger partial charge in [-0.3, -0.25) is 4.98 Å². The summed E-state index contributed by atoms with van der Waals surface area (Å²) >= 11 is 3.33. The molecule has 2 aromatic rings. The van der Waals surface area contributed by atoms with Gasteiger partial charge in [-0.1, -0.05) is 6.92 Å². The number of hydrogen-bond donors (Lipinski definition) is 0. The number of pyridine rings is 1. The number of nitrogens with zero attached hydrogens (tertiary/aromatic N) is 3. The number of rotatable bonds is 3. The monoisotopic (exact) mass is 293 g/mol. The van der Waals surface area contributed by atoms with Crippen molar-refractivity contribution in [3.05, 3.63) is 40.5 Å². The molecule has 0 saturated heterocycles. The van der Waals surface area contributed by atoms with Crippen molar-refractivity contribution in [2.24, 2.45) is 0 Å². The molecule has 0 aromatic carbocycles. The van der Waals surface area contributed by atoms with Crippen molar-refractivity contribution < 1.29 is 4.74 Å². The van der Waals surface area contributed by atoms with Crippen LogP contribution in [0.15, 0.2) is 29.0 Å². The summed E-state index contributed by atoms with van der Waals surface area (Å²) in [6.45, 7) is 3.93. The molecule has 0 bridgehead atoms. The van der Waals surface area contributed by atoms with Gasteiger partial charge in [-0.25, -0.2) is 4.98 Å². The number of hydrogen-bond acceptors (Lipinski definition) is 4. The molecule has 0 radical (unpaired) electrons. The highest BCUT2D eigenvalue weighted by molar-refractivity contribution is 9.10. The topological polar surface area (TPSA) is 47.9 Å². The van der Waals surface area contributed by atoms with Crippen molar-refractivity contribution >= 4 is 15.9 Å². The highest BCUT2D eigenvalue weighted by Gasteiger charge is 2.04. The first-order valence-electron chi connectivity index (χ1n) is 5.31. The summed E-state index contributed by atoms with van der Waals surface area (Å²) in [5, 5.41) is 0. The van der Waals surface area contributed by atoms with Gasteiger partial charge < -0.3 is 4.74 Å². The smallest absolute Gasteiger partial charge is 0.223 e. The van der Waals surface area contributed by atoms with Gasteiger partial charge in [-0.05, 0) is 35.0 Å². The highest BCUT2D eigenvalue weighted by Crippen LogP contribution is 2.21. The third-order valence-electron chi connectivity index (χ3n) is 2.14. The summed E-state index contributed by atoms with van der Waals surface area (Å²) in [6.07, 6.45) is 2.44. The van der Waals surface area contributed by atoms with Gasteiger partial charge in [0.15, 0.2) is 0 Å². The Morgan fingerprint density at radius 2 is 2.12 bits per heavy atom. The molecule has 2 heterocycles. The Hall–Kier alpha value is -1.49. The Bertz CT molecular complexity index is 514. The normalized spacial score (nSPS) is 10.3. The maximum Gasteiger partial charge on any atom is 0.223 e. The fourth-order valence-electron chi connectivity index (χ4n) is 1.29. The first-order valence-corrected chi connectivity index (χ1v) is 6.10. The first kappa shape index (κ1) is 12.0. The molecule has 4 nitrogen and oxygen atoms in total. The van der Waals surface area contributed by atoms with E-state index in [1.54, 1.807) is 12.3 Å². The minimum absolute atomic E-state index is 0.523. The zero-order chi connectivity index (χ0) is 12.3. The minimum Gasteiger partial charge on any atom is -0.437 e. The van der Waals surface area contributed by atoms with Crippen LogP contribution in [0, 0.1) is 6.92 Å². The van der Waals surface area contributed by atoms with Gasteiger partial charge in [0.05, 0.1) is 6.20 Å². The maximum absolute atomic E-state index is 5.61. The van der Waals surface area contributed by atoms with Crippen LogP contribution in [0.25, 0.3) is 0 Å². The molecule has 88 valence electrons. The van der Waals surface area contributed by atoms with E-state index in [4.69, 9.17) is 4.74 Å². The lowest BCUT2D eigenvalue weighted by Crippen LogP contribution is -1.96. The lowest BCUT2D eigenvalue weighted by molar-refractivity contribution is 0.455. The molecular weight excluding hydrogens is 282 g/mol. The second-order valence-corrected chi connectivity index (χ2v) is 4.35. The largest absolute Gasteiger partial charge is 0.437 e. The Balaban J connectivity index is 2.23. The van der Waals surface area contributed by atoms with E-state index in [1.165, 1.54) is 0 Å². The summed E-state index contributed by atoms with van der Waals surface area (Å²) < 4.78 is 6.33. The summed E-state index contributed by atoms with van der Waals surface area (Å²) in [4.78, 5) is 12.7. The van der Waals surface area contributed by atoms with Crippen molar-refractivity contribution in [2.45, 2.75) is 20.3 Å². The molecule has 0 aliphatic rings. The van der Waals surface area contributed by atoms with Crippen LogP contribution in [-0.4, -0.2) is 15.0 Å². The summed E-state index contributed by atoms with van der Waals surface area (Å²) in [5.41, 5.74) is 0.954. The van der Waals surface area contributed by atoms with Crippen LogP contribution in [0.3, 0.4) is 0 Å². The molecule has 0 unspecified atom stereocenters. The number of aromatic nitrogens is 3. The van der Waals surface area contributed by atoms with Gasteiger partial charge in [-0.2, -0.15) is 4.98 Å². The molecular formula is C12H12BrN3O. The van der Waals surface area contributed by atoms with E-state index in [0.29, 0.717) is 11.6 Å². The number of aryl methyl sites for hydroxylation is 2. The molecule has 17 heavy (non-hydrogen) atoms. The van der Waals surface area contributed by atoms with Gasteiger partial charge in [0, 0.05) is 18.2 Å². The fourth-order valence-corrected chi connectivity index (χ4v) is 1.69. The van der Waals surface area contributed by atoms with Crippen LogP contribution in [-0.2, 0) is 6.42 Å². The van der Waals surface area contributed by atoms with Crippen LogP contribution in [0.5, 0.6) is 11.6 Å². The number of halogens is 1. The van der Waals surface area contributed by atoms with E-state index < -0.39 is 0 Å². The van der Waals surface area contributed by atoms with Gasteiger partial charge in [-0.15, -0.1) is 0 Å². The van der Waals surface area contributed by atoms with E-state index in [1.807, 2.05) is 26.0 Å². The van der Waals surface area contributed by atoms with Crippen molar-refractivity contribution in [2.75, 3.05) is 0 Å². The Labute approximate surface area is 108 Å². The molecule has 0 N–H and O–H groups in total. The van der Waals surface area contributed by atoms with Crippen molar-refractivity contribution in [1.82, 2.24) is 15.0 Å². The standard InChI is InChI=1S/C12H12BrN3O/c1-3-11-15-10(13)6-12(16-11)17-9-5-4-8(2)14-7-9/h4-7H,3H2,1-2H3. The van der Waals surface area contributed by atoms with Crippen molar-refractivity contribution in [1.29, 1.82) is 0 Å². The third-order valence-corrected chi connectivity index (χ3v) is 2.55. The van der Waals surface area contributed by atoms with Crippen molar-refractivity contribution in [3.63, 3.8) is 0 Å². The quantitative estimate of drug-likeness (QED) is 0.815. The zero-order valence-corrected chi connectivity index (χ0v) is 11.2. The highest BCUT2D eigenvalue weighted by atomic mass is 79.9. The SMILES string of the molecule is CCc1nc(Br)cc(Oc2ccc(C)nc2)n1. The predicted molar refractivity (Wildman–Crippen MR) is 68.2 cm³/mol. The Kier molecular flexibility index (Phi) is 3.68. The summed E-state index contributed by atoms with van der Waals surface area (Å²) in [6, 6.07) is 5.50. The Morgan fingerprint density at radius 1 is 1.29 bits per heavy atom. The van der Waals surface area contributed by atoms with Crippen LogP contribution in [0.2, 0.25) is 0 Å². The zero-order valence-electron chi connectivity index (χ0n) is 9.64. The lowest BCUT2D eigenvalue weighted by Gasteiger charge is -2.06. The maximum atomic E-state index is 5.61. The van der Waals surface area contributed by atoms with Crippen LogP contribution in [0.1, 0.15) is 18.4 Å². The third kappa shape index (κ3) is 3.23. The Morgan fingerprint density at radius 3 is 2.76 bits per heavy atom. The van der Waals surface area contributed by atoms with Crippen LogP contribution < -0.4 is 4.74 Å². The summed E-state index contributed by atoms with van der Waals surface area (Å²) in [7, 11) is 0. The molecule has 0 aliphatic carbocycles.